The maximum atomic E-state index is 13.4. The van der Waals surface area contributed by atoms with Crippen molar-refractivity contribution in [1.29, 1.82) is 0 Å². The number of nitrogens with one attached hydrogen (secondary N) is 1. The lowest BCUT2D eigenvalue weighted by Gasteiger charge is -2.10. The second-order valence-electron chi connectivity index (χ2n) is 5.36. The number of anilines is 1. The molecule has 0 bridgehead atoms. The first-order valence-corrected chi connectivity index (χ1v) is 7.69. The van der Waals surface area contributed by atoms with E-state index in [-0.39, 0.29) is 11.1 Å². The van der Waals surface area contributed by atoms with Gasteiger partial charge in [-0.3, -0.25) is 0 Å². The van der Waals surface area contributed by atoms with E-state index in [1.807, 2.05) is 0 Å². The standard InChI is InChI=1S/C16H17ClFN3O/c17-14-4-3-11(7-15(14)18)6-12-8-19-16(20-9-12)21-10-13-2-1-5-22-13/h3-4,7-9,13H,1-2,5-6,10H2,(H,19,20,21). The minimum Gasteiger partial charge on any atom is -0.376 e. The van der Waals surface area contributed by atoms with Crippen LogP contribution in [-0.4, -0.2) is 29.2 Å². The molecular weight excluding hydrogens is 305 g/mol. The zero-order chi connectivity index (χ0) is 15.4. The van der Waals surface area contributed by atoms with Gasteiger partial charge in [-0.1, -0.05) is 17.7 Å². The van der Waals surface area contributed by atoms with Crippen LogP contribution in [0.2, 0.25) is 5.02 Å². The Balaban J connectivity index is 1.57. The normalized spacial score (nSPS) is 17.6. The van der Waals surface area contributed by atoms with E-state index in [4.69, 9.17) is 16.3 Å². The molecule has 1 aromatic carbocycles. The summed E-state index contributed by atoms with van der Waals surface area (Å²) < 4.78 is 18.9. The summed E-state index contributed by atoms with van der Waals surface area (Å²) >= 11 is 5.67. The summed E-state index contributed by atoms with van der Waals surface area (Å²) in [5, 5.41) is 3.30. The summed E-state index contributed by atoms with van der Waals surface area (Å²) in [7, 11) is 0. The SMILES string of the molecule is Fc1cc(Cc2cnc(NCC3CCCO3)nc2)ccc1Cl. The third-order valence-electron chi connectivity index (χ3n) is 3.61. The Morgan fingerprint density at radius 2 is 2.09 bits per heavy atom. The molecule has 0 saturated carbocycles. The van der Waals surface area contributed by atoms with E-state index in [0.29, 0.717) is 12.4 Å². The Labute approximate surface area is 133 Å². The van der Waals surface area contributed by atoms with Crippen LogP contribution in [0.25, 0.3) is 0 Å². The van der Waals surface area contributed by atoms with Crippen molar-refractivity contribution in [2.75, 3.05) is 18.5 Å². The predicted octanol–water partition coefficient (Wildman–Crippen LogP) is 3.45. The van der Waals surface area contributed by atoms with Gasteiger partial charge in [-0.15, -0.1) is 0 Å². The van der Waals surface area contributed by atoms with Gasteiger partial charge in [-0.05, 0) is 36.1 Å². The molecule has 0 spiro atoms. The van der Waals surface area contributed by atoms with Crippen LogP contribution in [-0.2, 0) is 11.2 Å². The highest BCUT2D eigenvalue weighted by Crippen LogP contribution is 2.18. The molecular formula is C16H17ClFN3O. The molecule has 1 fully saturated rings. The lowest BCUT2D eigenvalue weighted by atomic mass is 10.1. The minimum atomic E-state index is -0.407. The van der Waals surface area contributed by atoms with Gasteiger partial charge in [0, 0.05) is 32.0 Å². The van der Waals surface area contributed by atoms with Gasteiger partial charge in [0.25, 0.3) is 0 Å². The van der Waals surface area contributed by atoms with Crippen LogP contribution in [0.5, 0.6) is 0 Å². The highest BCUT2D eigenvalue weighted by atomic mass is 35.5. The zero-order valence-corrected chi connectivity index (χ0v) is 12.8. The molecule has 2 aromatic rings. The van der Waals surface area contributed by atoms with E-state index in [0.717, 1.165) is 37.1 Å². The smallest absolute Gasteiger partial charge is 0.222 e. The van der Waals surface area contributed by atoms with Crippen molar-refractivity contribution in [3.8, 4) is 0 Å². The largest absolute Gasteiger partial charge is 0.376 e. The lowest BCUT2D eigenvalue weighted by Crippen LogP contribution is -2.19. The van der Waals surface area contributed by atoms with Gasteiger partial charge >= 0.3 is 0 Å². The Kier molecular flexibility index (Phi) is 4.85. The molecule has 1 N–H and O–H groups in total. The third-order valence-corrected chi connectivity index (χ3v) is 3.92. The number of benzene rings is 1. The van der Waals surface area contributed by atoms with Gasteiger partial charge in [-0.2, -0.15) is 0 Å². The first-order chi connectivity index (χ1) is 10.7. The molecule has 1 aliphatic heterocycles. The molecule has 0 amide bonds. The number of aromatic nitrogens is 2. The number of halogens is 2. The molecule has 1 unspecified atom stereocenters. The molecule has 22 heavy (non-hydrogen) atoms. The first-order valence-electron chi connectivity index (χ1n) is 7.31. The Morgan fingerprint density at radius 3 is 2.77 bits per heavy atom. The summed E-state index contributed by atoms with van der Waals surface area (Å²) in [6.45, 7) is 1.56. The van der Waals surface area contributed by atoms with Crippen molar-refractivity contribution >= 4 is 17.5 Å². The van der Waals surface area contributed by atoms with E-state index in [9.17, 15) is 4.39 Å². The highest BCUT2D eigenvalue weighted by Gasteiger charge is 2.15. The molecule has 4 nitrogen and oxygen atoms in total. The lowest BCUT2D eigenvalue weighted by molar-refractivity contribution is 0.120. The molecule has 1 atom stereocenters. The van der Waals surface area contributed by atoms with Gasteiger partial charge in [0.1, 0.15) is 5.82 Å². The van der Waals surface area contributed by atoms with E-state index in [2.05, 4.69) is 15.3 Å². The average Bonchev–Trinajstić information content (AvgIpc) is 3.04. The highest BCUT2D eigenvalue weighted by molar-refractivity contribution is 6.30. The molecule has 1 aromatic heterocycles. The van der Waals surface area contributed by atoms with E-state index in [1.54, 1.807) is 24.5 Å². The summed E-state index contributed by atoms with van der Waals surface area (Å²) in [4.78, 5) is 8.56. The maximum absolute atomic E-state index is 13.4. The number of hydrogen-bond donors (Lipinski definition) is 1. The van der Waals surface area contributed by atoms with Crippen molar-refractivity contribution in [2.24, 2.45) is 0 Å². The fourth-order valence-electron chi connectivity index (χ4n) is 2.43. The molecule has 116 valence electrons. The molecule has 0 radical (unpaired) electrons. The topological polar surface area (TPSA) is 47.0 Å². The van der Waals surface area contributed by atoms with Gasteiger partial charge in [-0.25, -0.2) is 14.4 Å². The summed E-state index contributed by atoms with van der Waals surface area (Å²) in [6.07, 6.45) is 6.51. The van der Waals surface area contributed by atoms with Crippen LogP contribution in [0.3, 0.4) is 0 Å². The summed E-state index contributed by atoms with van der Waals surface area (Å²) in [5.74, 6) is 0.177. The number of hydrogen-bond acceptors (Lipinski definition) is 4. The number of rotatable bonds is 5. The van der Waals surface area contributed by atoms with Crippen molar-refractivity contribution in [3.05, 3.63) is 52.6 Å². The first kappa shape index (κ1) is 15.2. The van der Waals surface area contributed by atoms with Gasteiger partial charge in [0.05, 0.1) is 11.1 Å². The monoisotopic (exact) mass is 321 g/mol. The summed E-state index contributed by atoms with van der Waals surface area (Å²) in [6, 6.07) is 4.80. The fraction of sp³-hybridized carbons (Fsp3) is 0.375. The quantitative estimate of drug-likeness (QED) is 0.916. The number of ether oxygens (including phenoxy) is 1. The maximum Gasteiger partial charge on any atom is 0.222 e. The van der Waals surface area contributed by atoms with Crippen LogP contribution >= 0.6 is 11.6 Å². The van der Waals surface area contributed by atoms with Crippen molar-refractivity contribution in [3.63, 3.8) is 0 Å². The third kappa shape index (κ3) is 3.93. The second-order valence-corrected chi connectivity index (χ2v) is 5.76. The van der Waals surface area contributed by atoms with Crippen LogP contribution in [0.1, 0.15) is 24.0 Å². The van der Waals surface area contributed by atoms with Gasteiger partial charge in [0.2, 0.25) is 5.95 Å². The summed E-state index contributed by atoms with van der Waals surface area (Å²) in [5.41, 5.74) is 1.76. The predicted molar refractivity (Wildman–Crippen MR) is 83.7 cm³/mol. The van der Waals surface area contributed by atoms with Crippen molar-refractivity contribution in [1.82, 2.24) is 9.97 Å². The van der Waals surface area contributed by atoms with Crippen LogP contribution in [0.4, 0.5) is 10.3 Å². The molecule has 6 heteroatoms. The zero-order valence-electron chi connectivity index (χ0n) is 12.1. The van der Waals surface area contributed by atoms with Crippen LogP contribution < -0.4 is 5.32 Å². The number of nitrogens with zero attached hydrogens (tertiary/aromatic N) is 2. The Hall–Kier alpha value is -1.72. The van der Waals surface area contributed by atoms with Crippen molar-refractivity contribution < 1.29 is 9.13 Å². The molecule has 0 aliphatic carbocycles. The second kappa shape index (κ2) is 7.03. The van der Waals surface area contributed by atoms with Crippen LogP contribution in [0.15, 0.2) is 30.6 Å². The molecule has 3 rings (SSSR count). The Morgan fingerprint density at radius 1 is 1.27 bits per heavy atom. The van der Waals surface area contributed by atoms with Crippen molar-refractivity contribution in [2.45, 2.75) is 25.4 Å². The average molecular weight is 322 g/mol. The van der Waals surface area contributed by atoms with E-state index < -0.39 is 5.82 Å². The van der Waals surface area contributed by atoms with Crippen LogP contribution in [0, 0.1) is 5.82 Å². The molecule has 1 aliphatic rings. The van der Waals surface area contributed by atoms with E-state index >= 15 is 0 Å². The molecule has 2 heterocycles. The van der Waals surface area contributed by atoms with Gasteiger partial charge in [0.15, 0.2) is 0 Å². The fourth-order valence-corrected chi connectivity index (χ4v) is 2.55. The van der Waals surface area contributed by atoms with E-state index in [1.165, 1.54) is 6.07 Å². The van der Waals surface area contributed by atoms with Gasteiger partial charge < -0.3 is 10.1 Å². The molecule has 1 saturated heterocycles. The Bertz CT molecular complexity index is 630. The minimum absolute atomic E-state index is 0.133.